The summed E-state index contributed by atoms with van der Waals surface area (Å²) in [6, 6.07) is 0. The van der Waals surface area contributed by atoms with E-state index in [-0.39, 0.29) is 12.2 Å². The number of hydrogen-bond donors (Lipinski definition) is 1. The Morgan fingerprint density at radius 2 is 2.38 bits per heavy atom. The summed E-state index contributed by atoms with van der Waals surface area (Å²) in [5.74, 6) is 0. The van der Waals surface area contributed by atoms with E-state index in [1.807, 2.05) is 6.08 Å². The van der Waals surface area contributed by atoms with Crippen LogP contribution in [0.1, 0.15) is 32.1 Å². The van der Waals surface area contributed by atoms with E-state index in [1.54, 1.807) is 13.2 Å². The summed E-state index contributed by atoms with van der Waals surface area (Å²) in [6.45, 7) is 5.68. The number of nitrogens with zero attached hydrogens (tertiary/aromatic N) is 1. The molecule has 1 fully saturated rings. The van der Waals surface area contributed by atoms with Crippen molar-refractivity contribution in [3.05, 3.63) is 24.3 Å². The third-order valence-electron chi connectivity index (χ3n) is 3.75. The molecule has 1 N–H and O–H groups in total. The molecule has 0 aromatic carbocycles. The lowest BCUT2D eigenvalue weighted by molar-refractivity contribution is -0.112. The van der Waals surface area contributed by atoms with Crippen molar-refractivity contribution in [3.8, 4) is 0 Å². The van der Waals surface area contributed by atoms with Gasteiger partial charge in [0.2, 0.25) is 0 Å². The molecule has 4 nitrogen and oxygen atoms in total. The van der Waals surface area contributed by atoms with Gasteiger partial charge in [-0.3, -0.25) is 4.99 Å². The minimum Gasteiger partial charge on any atom is -0.392 e. The number of aliphatic hydroxyl groups excluding tert-OH is 1. The van der Waals surface area contributed by atoms with Gasteiger partial charge >= 0.3 is 0 Å². The third kappa shape index (κ3) is 6.74. The maximum atomic E-state index is 9.26. The van der Waals surface area contributed by atoms with Crippen molar-refractivity contribution < 1.29 is 14.6 Å². The van der Waals surface area contributed by atoms with E-state index >= 15 is 0 Å². The second-order valence-corrected chi connectivity index (χ2v) is 5.67. The average Bonchev–Trinajstić information content (AvgIpc) is 2.52. The van der Waals surface area contributed by atoms with E-state index < -0.39 is 0 Å². The van der Waals surface area contributed by atoms with Crippen LogP contribution in [0.3, 0.4) is 0 Å². The SMILES string of the molecule is C=CCC/C(=C\C(Cl)=NCCC1(OC)CCCOC1)CO. The molecule has 1 heterocycles. The Hall–Kier alpha value is -0.680. The van der Waals surface area contributed by atoms with Crippen LogP contribution in [0.15, 0.2) is 29.3 Å². The summed E-state index contributed by atoms with van der Waals surface area (Å²) in [5, 5.41) is 9.68. The fourth-order valence-electron chi connectivity index (χ4n) is 2.35. The van der Waals surface area contributed by atoms with Crippen molar-refractivity contribution in [2.75, 3.05) is 33.5 Å². The lowest BCUT2D eigenvalue weighted by Gasteiger charge is -2.35. The van der Waals surface area contributed by atoms with Crippen LogP contribution in [0.25, 0.3) is 0 Å². The van der Waals surface area contributed by atoms with Crippen LogP contribution in [-0.2, 0) is 9.47 Å². The summed E-state index contributed by atoms with van der Waals surface area (Å²) in [7, 11) is 1.72. The Morgan fingerprint density at radius 3 is 2.95 bits per heavy atom. The molecule has 0 radical (unpaired) electrons. The smallest absolute Gasteiger partial charge is 0.123 e. The van der Waals surface area contributed by atoms with E-state index in [0.29, 0.717) is 18.3 Å². The highest BCUT2D eigenvalue weighted by atomic mass is 35.5. The number of ether oxygens (including phenoxy) is 2. The Labute approximate surface area is 132 Å². The van der Waals surface area contributed by atoms with Crippen LogP contribution in [0.2, 0.25) is 0 Å². The van der Waals surface area contributed by atoms with E-state index in [4.69, 9.17) is 21.1 Å². The van der Waals surface area contributed by atoms with Gasteiger partial charge in [-0.15, -0.1) is 6.58 Å². The Bertz CT molecular complexity index is 374. The molecule has 0 spiro atoms. The zero-order chi connectivity index (χ0) is 15.6. The van der Waals surface area contributed by atoms with Crippen LogP contribution >= 0.6 is 11.6 Å². The Balaban J connectivity index is 2.50. The monoisotopic (exact) mass is 315 g/mol. The molecule has 1 aliphatic heterocycles. The zero-order valence-corrected chi connectivity index (χ0v) is 13.6. The van der Waals surface area contributed by atoms with Crippen molar-refractivity contribution in [1.29, 1.82) is 0 Å². The number of halogens is 1. The minimum atomic E-state index is -0.231. The molecule has 1 rings (SSSR count). The summed E-state index contributed by atoms with van der Waals surface area (Å²) >= 11 is 6.10. The number of allylic oxidation sites excluding steroid dienone is 2. The predicted molar refractivity (Wildman–Crippen MR) is 87.2 cm³/mol. The first kappa shape index (κ1) is 18.4. The van der Waals surface area contributed by atoms with E-state index in [0.717, 1.165) is 44.3 Å². The highest BCUT2D eigenvalue weighted by Gasteiger charge is 2.32. The maximum Gasteiger partial charge on any atom is 0.123 e. The highest BCUT2D eigenvalue weighted by molar-refractivity contribution is 6.68. The summed E-state index contributed by atoms with van der Waals surface area (Å²) in [4.78, 5) is 4.34. The molecule has 0 amide bonds. The summed E-state index contributed by atoms with van der Waals surface area (Å²) < 4.78 is 11.1. The molecule has 0 aliphatic carbocycles. The van der Waals surface area contributed by atoms with Gasteiger partial charge in [-0.25, -0.2) is 0 Å². The van der Waals surface area contributed by atoms with Gasteiger partial charge in [0.15, 0.2) is 0 Å². The van der Waals surface area contributed by atoms with Gasteiger partial charge in [0.25, 0.3) is 0 Å². The number of aliphatic hydroxyl groups is 1. The molecule has 1 atom stereocenters. The molecule has 1 saturated heterocycles. The highest BCUT2D eigenvalue weighted by Crippen LogP contribution is 2.26. The van der Waals surface area contributed by atoms with Gasteiger partial charge < -0.3 is 14.6 Å². The first-order valence-electron chi connectivity index (χ1n) is 7.40. The largest absolute Gasteiger partial charge is 0.392 e. The zero-order valence-electron chi connectivity index (χ0n) is 12.8. The second-order valence-electron chi connectivity index (χ2n) is 5.29. The van der Waals surface area contributed by atoms with Crippen LogP contribution in [0, 0.1) is 0 Å². The minimum absolute atomic E-state index is 0.00454. The summed E-state index contributed by atoms with van der Waals surface area (Å²) in [5.41, 5.74) is 0.636. The number of methoxy groups -OCH3 is 1. The van der Waals surface area contributed by atoms with Gasteiger partial charge in [0.1, 0.15) is 5.17 Å². The van der Waals surface area contributed by atoms with E-state index in [2.05, 4.69) is 11.6 Å². The quantitative estimate of drug-likeness (QED) is 0.525. The predicted octanol–water partition coefficient (Wildman–Crippen LogP) is 3.09. The average molecular weight is 316 g/mol. The molecule has 1 aliphatic rings. The maximum absolute atomic E-state index is 9.26. The first-order valence-corrected chi connectivity index (χ1v) is 7.77. The van der Waals surface area contributed by atoms with Gasteiger partial charge in [-0.05, 0) is 43.8 Å². The van der Waals surface area contributed by atoms with Gasteiger partial charge in [0, 0.05) is 20.3 Å². The molecule has 21 heavy (non-hydrogen) atoms. The second kappa shape index (κ2) is 10.1. The van der Waals surface area contributed by atoms with Crippen molar-refractivity contribution in [2.24, 2.45) is 4.99 Å². The molecule has 0 saturated carbocycles. The third-order valence-corrected chi connectivity index (χ3v) is 3.97. The standard InChI is InChI=1S/C16H26ClNO3/c1-3-4-6-14(12-19)11-15(17)18-9-8-16(20-2)7-5-10-21-13-16/h3,11,19H,1,4-10,12-13H2,2H3/b14-11+,18-15?. The van der Waals surface area contributed by atoms with Crippen LogP contribution in [0.5, 0.6) is 0 Å². The van der Waals surface area contributed by atoms with Crippen molar-refractivity contribution in [1.82, 2.24) is 0 Å². The molecule has 5 heteroatoms. The molecule has 0 aromatic heterocycles. The molecule has 0 aromatic rings. The van der Waals surface area contributed by atoms with Crippen molar-refractivity contribution in [2.45, 2.75) is 37.7 Å². The topological polar surface area (TPSA) is 51.0 Å². The summed E-state index contributed by atoms with van der Waals surface area (Å²) in [6.07, 6.45) is 7.92. The van der Waals surface area contributed by atoms with Crippen LogP contribution in [0.4, 0.5) is 0 Å². The van der Waals surface area contributed by atoms with Gasteiger partial charge in [-0.1, -0.05) is 17.7 Å². The van der Waals surface area contributed by atoms with Gasteiger partial charge in [-0.2, -0.15) is 0 Å². The molecular formula is C16H26ClNO3. The number of rotatable bonds is 9. The number of hydrogen-bond acceptors (Lipinski definition) is 4. The molecule has 0 bridgehead atoms. The van der Waals surface area contributed by atoms with E-state index in [1.165, 1.54) is 0 Å². The molecular weight excluding hydrogens is 290 g/mol. The lowest BCUT2D eigenvalue weighted by atomic mass is 9.93. The van der Waals surface area contributed by atoms with Crippen molar-refractivity contribution in [3.63, 3.8) is 0 Å². The van der Waals surface area contributed by atoms with Gasteiger partial charge in [0.05, 0.1) is 18.8 Å². The molecule has 120 valence electrons. The molecule has 1 unspecified atom stereocenters. The fraction of sp³-hybridized carbons (Fsp3) is 0.688. The Morgan fingerprint density at radius 1 is 1.57 bits per heavy atom. The first-order chi connectivity index (χ1) is 10.2. The van der Waals surface area contributed by atoms with Crippen LogP contribution < -0.4 is 0 Å². The van der Waals surface area contributed by atoms with E-state index in [9.17, 15) is 5.11 Å². The Kier molecular flexibility index (Phi) is 8.85. The fourth-order valence-corrected chi connectivity index (χ4v) is 2.59. The van der Waals surface area contributed by atoms with Crippen LogP contribution in [-0.4, -0.2) is 49.4 Å². The van der Waals surface area contributed by atoms with Crippen molar-refractivity contribution >= 4 is 16.8 Å². The number of aliphatic imine (C=N–C) groups is 1. The normalized spacial score (nSPS) is 24.1. The lowest BCUT2D eigenvalue weighted by Crippen LogP contribution is -2.41.